The van der Waals surface area contributed by atoms with Gasteiger partial charge in [0.1, 0.15) is 5.52 Å². The van der Waals surface area contributed by atoms with Crippen molar-refractivity contribution < 1.29 is 14.3 Å². The zero-order valence-corrected chi connectivity index (χ0v) is 15.4. The molecule has 1 amide bonds. The molecule has 0 radical (unpaired) electrons. The van der Waals surface area contributed by atoms with Crippen LogP contribution in [-0.4, -0.2) is 41.2 Å². The fourth-order valence-electron chi connectivity index (χ4n) is 3.23. The van der Waals surface area contributed by atoms with E-state index >= 15 is 0 Å². The standard InChI is InChI=1S/C20H22N4O3/c1-26-17-5-3-4-13(18(17)27-2)8-9-21-20(25)14-10-16-19(22-11-14)24(12-23-16)15-6-7-15/h3-5,10-12,15H,6-9H2,1-2H3,(H,21,25). The maximum atomic E-state index is 12.5. The molecule has 7 heteroatoms. The third kappa shape index (κ3) is 3.45. The van der Waals surface area contributed by atoms with Crippen molar-refractivity contribution in [3.63, 3.8) is 0 Å². The van der Waals surface area contributed by atoms with E-state index in [0.717, 1.165) is 16.7 Å². The fourth-order valence-corrected chi connectivity index (χ4v) is 3.23. The number of para-hydroxylation sites is 1. The lowest BCUT2D eigenvalue weighted by atomic mass is 10.1. The van der Waals surface area contributed by atoms with E-state index in [1.807, 2.05) is 24.5 Å². The van der Waals surface area contributed by atoms with Crippen LogP contribution in [0.4, 0.5) is 0 Å². The molecule has 0 spiro atoms. The first-order valence-corrected chi connectivity index (χ1v) is 9.02. The number of imidazole rings is 1. The van der Waals surface area contributed by atoms with Crippen LogP contribution in [0.25, 0.3) is 11.2 Å². The van der Waals surface area contributed by atoms with Crippen molar-refractivity contribution in [2.24, 2.45) is 0 Å². The lowest BCUT2D eigenvalue weighted by Crippen LogP contribution is -2.26. The number of hydrogen-bond donors (Lipinski definition) is 1. The van der Waals surface area contributed by atoms with Crippen molar-refractivity contribution in [3.05, 3.63) is 47.9 Å². The lowest BCUT2D eigenvalue weighted by Gasteiger charge is -2.12. The first kappa shape index (κ1) is 17.3. The highest BCUT2D eigenvalue weighted by atomic mass is 16.5. The Morgan fingerprint density at radius 2 is 2.11 bits per heavy atom. The van der Waals surface area contributed by atoms with E-state index in [2.05, 4.69) is 19.9 Å². The minimum absolute atomic E-state index is 0.160. The third-order valence-electron chi connectivity index (χ3n) is 4.78. The van der Waals surface area contributed by atoms with Crippen LogP contribution < -0.4 is 14.8 Å². The molecule has 1 aromatic carbocycles. The summed E-state index contributed by atoms with van der Waals surface area (Å²) in [7, 11) is 3.22. The molecule has 0 atom stereocenters. The fraction of sp³-hybridized carbons (Fsp3) is 0.350. The molecule has 4 rings (SSSR count). The lowest BCUT2D eigenvalue weighted by molar-refractivity contribution is 0.0954. The van der Waals surface area contributed by atoms with Crippen LogP contribution in [0.1, 0.15) is 34.8 Å². The average molecular weight is 366 g/mol. The van der Waals surface area contributed by atoms with Crippen molar-refractivity contribution >= 4 is 17.1 Å². The van der Waals surface area contributed by atoms with E-state index in [9.17, 15) is 4.79 Å². The zero-order valence-electron chi connectivity index (χ0n) is 15.4. The van der Waals surface area contributed by atoms with Crippen LogP contribution >= 0.6 is 0 Å². The Morgan fingerprint density at radius 3 is 2.85 bits per heavy atom. The number of nitrogens with one attached hydrogen (secondary N) is 1. The van der Waals surface area contributed by atoms with Gasteiger partial charge in [-0.25, -0.2) is 9.97 Å². The second-order valence-electron chi connectivity index (χ2n) is 6.61. The molecule has 2 heterocycles. The highest BCUT2D eigenvalue weighted by Gasteiger charge is 2.25. The van der Waals surface area contributed by atoms with Crippen molar-refractivity contribution in [2.75, 3.05) is 20.8 Å². The number of methoxy groups -OCH3 is 2. The first-order valence-electron chi connectivity index (χ1n) is 9.02. The monoisotopic (exact) mass is 366 g/mol. The summed E-state index contributed by atoms with van der Waals surface area (Å²) >= 11 is 0. The molecule has 7 nitrogen and oxygen atoms in total. The summed E-state index contributed by atoms with van der Waals surface area (Å²) in [6.45, 7) is 0.483. The van der Waals surface area contributed by atoms with Crippen LogP contribution in [0.15, 0.2) is 36.8 Å². The van der Waals surface area contributed by atoms with Crippen LogP contribution in [-0.2, 0) is 6.42 Å². The number of aromatic nitrogens is 3. The molecule has 0 unspecified atom stereocenters. The molecule has 3 aromatic rings. The Balaban J connectivity index is 1.42. The molecule has 1 aliphatic rings. The second-order valence-corrected chi connectivity index (χ2v) is 6.61. The van der Waals surface area contributed by atoms with Gasteiger partial charge in [-0.15, -0.1) is 0 Å². The molecule has 2 aromatic heterocycles. The Hall–Kier alpha value is -3.09. The number of ether oxygens (including phenoxy) is 2. The number of amides is 1. The summed E-state index contributed by atoms with van der Waals surface area (Å²) in [4.78, 5) is 21.3. The van der Waals surface area contributed by atoms with Gasteiger partial charge in [-0.05, 0) is 37.0 Å². The zero-order chi connectivity index (χ0) is 18.8. The molecular weight excluding hydrogens is 344 g/mol. The maximum absolute atomic E-state index is 12.5. The highest BCUT2D eigenvalue weighted by molar-refractivity contribution is 5.96. The number of rotatable bonds is 7. The first-order chi connectivity index (χ1) is 13.2. The molecule has 0 aliphatic heterocycles. The van der Waals surface area contributed by atoms with E-state index in [1.165, 1.54) is 12.8 Å². The van der Waals surface area contributed by atoms with Gasteiger partial charge in [0.05, 0.1) is 26.1 Å². The molecule has 27 heavy (non-hydrogen) atoms. The number of pyridine rings is 1. The Labute approximate surface area is 157 Å². The summed E-state index contributed by atoms with van der Waals surface area (Å²) in [5, 5.41) is 2.93. The molecule has 1 aliphatic carbocycles. The molecule has 140 valence electrons. The van der Waals surface area contributed by atoms with Crippen LogP contribution in [0, 0.1) is 0 Å². The minimum atomic E-state index is -0.160. The van der Waals surface area contributed by atoms with Gasteiger partial charge in [0.15, 0.2) is 17.1 Å². The molecule has 1 fully saturated rings. The quantitative estimate of drug-likeness (QED) is 0.696. The SMILES string of the molecule is COc1cccc(CCNC(=O)c2cnc3c(c2)ncn3C2CC2)c1OC. The summed E-state index contributed by atoms with van der Waals surface area (Å²) in [6, 6.07) is 8.03. The number of carbonyl (C=O) groups is 1. The summed E-state index contributed by atoms with van der Waals surface area (Å²) in [5.41, 5.74) is 3.09. The van der Waals surface area contributed by atoms with Gasteiger partial charge in [0.25, 0.3) is 5.91 Å². The van der Waals surface area contributed by atoms with Gasteiger partial charge >= 0.3 is 0 Å². The van der Waals surface area contributed by atoms with Gasteiger partial charge in [-0.1, -0.05) is 12.1 Å². The minimum Gasteiger partial charge on any atom is -0.493 e. The smallest absolute Gasteiger partial charge is 0.252 e. The molecule has 0 saturated heterocycles. The predicted octanol–water partition coefficient (Wildman–Crippen LogP) is 2.76. The molecule has 1 N–H and O–H groups in total. The van der Waals surface area contributed by atoms with E-state index < -0.39 is 0 Å². The van der Waals surface area contributed by atoms with Crippen molar-refractivity contribution in [1.82, 2.24) is 19.9 Å². The summed E-state index contributed by atoms with van der Waals surface area (Å²) in [6.07, 6.45) is 6.40. The highest BCUT2D eigenvalue weighted by Crippen LogP contribution is 2.36. The van der Waals surface area contributed by atoms with E-state index in [1.54, 1.807) is 26.5 Å². The van der Waals surface area contributed by atoms with E-state index in [4.69, 9.17) is 9.47 Å². The van der Waals surface area contributed by atoms with E-state index in [-0.39, 0.29) is 5.91 Å². The molecular formula is C20H22N4O3. The summed E-state index contributed by atoms with van der Waals surface area (Å²) in [5.74, 6) is 1.22. The number of fused-ring (bicyclic) bond motifs is 1. The Bertz CT molecular complexity index is 979. The third-order valence-corrected chi connectivity index (χ3v) is 4.78. The number of hydrogen-bond acceptors (Lipinski definition) is 5. The van der Waals surface area contributed by atoms with Gasteiger partial charge in [0, 0.05) is 18.8 Å². The molecule has 0 bridgehead atoms. The van der Waals surface area contributed by atoms with Crippen LogP contribution in [0.5, 0.6) is 11.5 Å². The average Bonchev–Trinajstić information content (AvgIpc) is 3.46. The maximum Gasteiger partial charge on any atom is 0.252 e. The van der Waals surface area contributed by atoms with Gasteiger partial charge in [0.2, 0.25) is 0 Å². The number of benzene rings is 1. The van der Waals surface area contributed by atoms with Gasteiger partial charge in [-0.3, -0.25) is 4.79 Å². The van der Waals surface area contributed by atoms with Gasteiger partial charge < -0.3 is 19.4 Å². The van der Waals surface area contributed by atoms with Crippen molar-refractivity contribution in [1.29, 1.82) is 0 Å². The topological polar surface area (TPSA) is 78.3 Å². The largest absolute Gasteiger partial charge is 0.493 e. The van der Waals surface area contributed by atoms with Crippen molar-refractivity contribution in [2.45, 2.75) is 25.3 Å². The van der Waals surface area contributed by atoms with Crippen LogP contribution in [0.2, 0.25) is 0 Å². The van der Waals surface area contributed by atoms with E-state index in [0.29, 0.717) is 36.1 Å². The Kier molecular flexibility index (Phi) is 4.66. The van der Waals surface area contributed by atoms with Crippen molar-refractivity contribution in [3.8, 4) is 11.5 Å². The normalized spacial score (nSPS) is 13.6. The predicted molar refractivity (Wildman–Crippen MR) is 101 cm³/mol. The van der Waals surface area contributed by atoms with Gasteiger partial charge in [-0.2, -0.15) is 0 Å². The number of carbonyl (C=O) groups excluding carboxylic acids is 1. The second kappa shape index (κ2) is 7.26. The molecule has 1 saturated carbocycles. The summed E-state index contributed by atoms with van der Waals surface area (Å²) < 4.78 is 12.8. The van der Waals surface area contributed by atoms with Crippen LogP contribution in [0.3, 0.4) is 0 Å². The Morgan fingerprint density at radius 1 is 1.26 bits per heavy atom. The number of nitrogens with zero attached hydrogens (tertiary/aromatic N) is 3.